The lowest BCUT2D eigenvalue weighted by Crippen LogP contribution is -2.51. The van der Waals surface area contributed by atoms with Gasteiger partial charge in [0.2, 0.25) is 0 Å². The molecule has 0 aromatic carbocycles. The van der Waals surface area contributed by atoms with Crippen molar-refractivity contribution in [2.24, 2.45) is 0 Å². The zero-order valence-corrected chi connectivity index (χ0v) is 16.8. The third-order valence-electron chi connectivity index (χ3n) is 3.89. The normalized spacial score (nSPS) is 14.6. The molecule has 0 rings (SSSR count). The maximum atomic E-state index is 6.40. The molecule has 0 radical (unpaired) electrons. The third-order valence-corrected chi connectivity index (χ3v) is 3.89. The van der Waals surface area contributed by atoms with E-state index in [9.17, 15) is 0 Å². The fraction of sp³-hybridized carbons (Fsp3) is 1.00. The van der Waals surface area contributed by atoms with E-state index in [4.69, 9.17) is 4.74 Å². The molecule has 0 N–H and O–H groups in total. The number of nitrogens with zero attached hydrogens (tertiary/aromatic N) is 2. The molecule has 0 aromatic rings. The van der Waals surface area contributed by atoms with Gasteiger partial charge in [-0.1, -0.05) is 45.4 Å². The Labute approximate surface area is 140 Å². The first-order valence-corrected chi connectivity index (χ1v) is 9.30. The van der Waals surface area contributed by atoms with Crippen molar-refractivity contribution in [3.8, 4) is 0 Å². The largest absolute Gasteiger partial charge is 0.363 e. The number of rotatable bonds is 13. The van der Waals surface area contributed by atoms with Crippen molar-refractivity contribution >= 4 is 0 Å². The van der Waals surface area contributed by atoms with Crippen LogP contribution in [0.4, 0.5) is 0 Å². The molecule has 0 aliphatic rings. The van der Waals surface area contributed by atoms with Crippen molar-refractivity contribution in [3.05, 3.63) is 0 Å². The standard InChI is InChI=1S/C19H44N2O/c1-9-10-11-12-13-14-15-18(2)22-19(16-20(3,4)5)17-21(6,7)8/h18-19H,9-17H2,1-8H3/q+2. The summed E-state index contributed by atoms with van der Waals surface area (Å²) >= 11 is 0. The number of ether oxygens (including phenoxy) is 1. The van der Waals surface area contributed by atoms with Crippen LogP contribution in [0.2, 0.25) is 0 Å². The van der Waals surface area contributed by atoms with Crippen molar-refractivity contribution in [3.63, 3.8) is 0 Å². The van der Waals surface area contributed by atoms with Crippen molar-refractivity contribution in [1.82, 2.24) is 0 Å². The minimum Gasteiger partial charge on any atom is -0.363 e. The minimum absolute atomic E-state index is 0.343. The van der Waals surface area contributed by atoms with Gasteiger partial charge in [0.25, 0.3) is 0 Å². The smallest absolute Gasteiger partial charge is 0.155 e. The highest BCUT2D eigenvalue weighted by Gasteiger charge is 2.26. The third kappa shape index (κ3) is 14.8. The molecule has 0 aliphatic carbocycles. The zero-order valence-electron chi connectivity index (χ0n) is 16.8. The van der Waals surface area contributed by atoms with Crippen LogP contribution >= 0.6 is 0 Å². The van der Waals surface area contributed by atoms with Crippen LogP contribution in [0.5, 0.6) is 0 Å². The monoisotopic (exact) mass is 316 g/mol. The van der Waals surface area contributed by atoms with Crippen LogP contribution in [0.3, 0.4) is 0 Å². The van der Waals surface area contributed by atoms with Gasteiger partial charge in [-0.05, 0) is 13.3 Å². The molecule has 0 bridgehead atoms. The summed E-state index contributed by atoms with van der Waals surface area (Å²) in [6.45, 7) is 6.69. The maximum Gasteiger partial charge on any atom is 0.155 e. The van der Waals surface area contributed by atoms with E-state index in [0.29, 0.717) is 12.2 Å². The fourth-order valence-corrected chi connectivity index (χ4v) is 2.97. The highest BCUT2D eigenvalue weighted by atomic mass is 16.5. The van der Waals surface area contributed by atoms with Gasteiger partial charge in [0.1, 0.15) is 13.1 Å². The molecular formula is C19H44N2O+2. The molecule has 0 amide bonds. The van der Waals surface area contributed by atoms with Gasteiger partial charge >= 0.3 is 0 Å². The molecule has 1 unspecified atom stereocenters. The van der Waals surface area contributed by atoms with E-state index in [1.54, 1.807) is 0 Å². The molecule has 3 heteroatoms. The lowest BCUT2D eigenvalue weighted by Gasteiger charge is -2.35. The van der Waals surface area contributed by atoms with E-state index in [1.165, 1.54) is 44.9 Å². The number of quaternary nitrogens is 2. The molecule has 0 aromatic heterocycles. The van der Waals surface area contributed by atoms with Crippen LogP contribution in [0, 0.1) is 0 Å². The number of likely N-dealkylation sites (N-methyl/N-ethyl adjacent to an activating group) is 2. The Balaban J connectivity index is 4.12. The number of unbranched alkanes of at least 4 members (excludes halogenated alkanes) is 5. The van der Waals surface area contributed by atoms with Gasteiger partial charge in [-0.2, -0.15) is 0 Å². The Hall–Kier alpha value is -0.120. The fourth-order valence-electron chi connectivity index (χ4n) is 2.97. The number of hydrogen-bond donors (Lipinski definition) is 0. The quantitative estimate of drug-likeness (QED) is 0.370. The summed E-state index contributed by atoms with van der Waals surface area (Å²) < 4.78 is 8.33. The molecule has 0 heterocycles. The van der Waals surface area contributed by atoms with Crippen LogP contribution in [-0.2, 0) is 4.74 Å². The second-order valence-electron chi connectivity index (χ2n) is 9.07. The molecule has 0 saturated carbocycles. The second kappa shape index (κ2) is 10.6. The average molecular weight is 317 g/mol. The molecule has 0 spiro atoms. The van der Waals surface area contributed by atoms with Crippen LogP contribution in [0.15, 0.2) is 0 Å². The summed E-state index contributed by atoms with van der Waals surface area (Å²) in [6, 6.07) is 0. The van der Waals surface area contributed by atoms with Gasteiger partial charge in [0, 0.05) is 0 Å². The maximum absolute atomic E-state index is 6.40. The molecule has 3 nitrogen and oxygen atoms in total. The SMILES string of the molecule is CCCCCCCCC(C)OC(C[N+](C)(C)C)C[N+](C)(C)C. The molecule has 22 heavy (non-hydrogen) atoms. The van der Waals surface area contributed by atoms with E-state index in [-0.39, 0.29) is 0 Å². The Bertz CT molecular complexity index is 250. The van der Waals surface area contributed by atoms with Crippen molar-refractivity contribution in [1.29, 1.82) is 0 Å². The minimum atomic E-state index is 0.343. The first kappa shape index (κ1) is 21.9. The molecule has 1 atom stereocenters. The van der Waals surface area contributed by atoms with Gasteiger partial charge < -0.3 is 13.7 Å². The van der Waals surface area contributed by atoms with Crippen LogP contribution in [0.25, 0.3) is 0 Å². The van der Waals surface area contributed by atoms with E-state index < -0.39 is 0 Å². The second-order valence-corrected chi connectivity index (χ2v) is 9.07. The lowest BCUT2D eigenvalue weighted by atomic mass is 10.1. The zero-order chi connectivity index (χ0) is 17.2. The first-order valence-electron chi connectivity index (χ1n) is 9.30. The van der Waals surface area contributed by atoms with E-state index in [2.05, 4.69) is 56.1 Å². The summed E-state index contributed by atoms with van der Waals surface area (Å²) in [5.74, 6) is 0. The van der Waals surface area contributed by atoms with Crippen LogP contribution in [0.1, 0.15) is 58.8 Å². The summed E-state index contributed by atoms with van der Waals surface area (Å²) in [4.78, 5) is 0. The Morgan fingerprint density at radius 1 is 0.727 bits per heavy atom. The van der Waals surface area contributed by atoms with Crippen molar-refractivity contribution in [2.45, 2.75) is 71.0 Å². The topological polar surface area (TPSA) is 9.23 Å². The predicted molar refractivity (Wildman–Crippen MR) is 98.1 cm³/mol. The Kier molecular flexibility index (Phi) is 10.6. The van der Waals surface area contributed by atoms with Crippen LogP contribution < -0.4 is 0 Å². The average Bonchev–Trinajstić information content (AvgIpc) is 2.29. The summed E-state index contributed by atoms with van der Waals surface area (Å²) in [7, 11) is 13.5. The van der Waals surface area contributed by atoms with Gasteiger partial charge in [-0.3, -0.25) is 0 Å². The summed E-state index contributed by atoms with van der Waals surface area (Å²) in [6.07, 6.45) is 10.1. The Morgan fingerprint density at radius 3 is 1.64 bits per heavy atom. The summed E-state index contributed by atoms with van der Waals surface area (Å²) in [5, 5.41) is 0. The number of hydrogen-bond acceptors (Lipinski definition) is 1. The van der Waals surface area contributed by atoms with Crippen molar-refractivity contribution < 1.29 is 13.7 Å². The highest BCUT2D eigenvalue weighted by molar-refractivity contribution is 4.61. The predicted octanol–water partition coefficient (Wildman–Crippen LogP) is 3.92. The summed E-state index contributed by atoms with van der Waals surface area (Å²) in [5.41, 5.74) is 0. The molecule has 0 aliphatic heterocycles. The van der Waals surface area contributed by atoms with Crippen LogP contribution in [-0.4, -0.2) is 76.5 Å². The van der Waals surface area contributed by atoms with Gasteiger partial charge in [0.15, 0.2) is 6.10 Å². The Morgan fingerprint density at radius 2 is 1.18 bits per heavy atom. The lowest BCUT2D eigenvalue weighted by molar-refractivity contribution is -0.896. The van der Waals surface area contributed by atoms with Gasteiger partial charge in [0.05, 0.1) is 48.4 Å². The van der Waals surface area contributed by atoms with Gasteiger partial charge in [-0.25, -0.2) is 0 Å². The van der Waals surface area contributed by atoms with E-state index >= 15 is 0 Å². The molecule has 0 saturated heterocycles. The molecular weight excluding hydrogens is 272 g/mol. The molecule has 0 fully saturated rings. The van der Waals surface area contributed by atoms with E-state index in [1.807, 2.05) is 0 Å². The van der Waals surface area contributed by atoms with Gasteiger partial charge in [-0.15, -0.1) is 0 Å². The van der Waals surface area contributed by atoms with E-state index in [0.717, 1.165) is 22.1 Å². The first-order chi connectivity index (χ1) is 10.0. The highest BCUT2D eigenvalue weighted by Crippen LogP contribution is 2.14. The molecule has 134 valence electrons. The van der Waals surface area contributed by atoms with Crippen molar-refractivity contribution in [2.75, 3.05) is 55.4 Å².